The van der Waals surface area contributed by atoms with Crippen LogP contribution in [0.2, 0.25) is 0 Å². The second-order valence-electron chi connectivity index (χ2n) is 7.98. The van der Waals surface area contributed by atoms with Gasteiger partial charge in [0.2, 0.25) is 11.9 Å². The molecule has 3 aromatic rings. The third kappa shape index (κ3) is 3.34. The number of nitrogens with zero attached hydrogens (tertiary/aromatic N) is 4. The Balaban J connectivity index is 1.89. The minimum Gasteiger partial charge on any atom is -0.368 e. The first-order chi connectivity index (χ1) is 14.7. The van der Waals surface area contributed by atoms with Gasteiger partial charge >= 0.3 is 0 Å². The Kier molecular flexibility index (Phi) is 5.20. The number of carbonyl (C=O) groups is 1. The summed E-state index contributed by atoms with van der Waals surface area (Å²) in [6, 6.07) is 3.82. The Hall–Kier alpha value is -3.36. The fourth-order valence-corrected chi connectivity index (χ4v) is 4.12. The molecule has 0 bridgehead atoms. The summed E-state index contributed by atoms with van der Waals surface area (Å²) >= 11 is 0. The third-order valence-corrected chi connectivity index (χ3v) is 5.76. The predicted molar refractivity (Wildman–Crippen MR) is 115 cm³/mol. The maximum absolute atomic E-state index is 15.2. The van der Waals surface area contributed by atoms with Gasteiger partial charge in [0.1, 0.15) is 5.65 Å². The van der Waals surface area contributed by atoms with Crippen LogP contribution >= 0.6 is 0 Å². The zero-order valence-electron chi connectivity index (χ0n) is 17.5. The van der Waals surface area contributed by atoms with E-state index in [4.69, 9.17) is 5.73 Å². The second kappa shape index (κ2) is 7.72. The minimum atomic E-state index is -1.17. The zero-order valence-corrected chi connectivity index (χ0v) is 17.5. The van der Waals surface area contributed by atoms with Gasteiger partial charge in [-0.1, -0.05) is 6.92 Å². The monoisotopic (exact) mass is 427 g/mol. The van der Waals surface area contributed by atoms with E-state index in [1.807, 2.05) is 6.92 Å². The number of rotatable bonds is 4. The maximum atomic E-state index is 15.2. The van der Waals surface area contributed by atoms with Crippen LogP contribution in [0.15, 0.2) is 29.2 Å². The van der Waals surface area contributed by atoms with Crippen molar-refractivity contribution < 1.29 is 13.6 Å². The molecule has 0 spiro atoms. The summed E-state index contributed by atoms with van der Waals surface area (Å²) < 4.78 is 31.6. The van der Waals surface area contributed by atoms with Crippen LogP contribution < -0.4 is 16.2 Å². The number of halogens is 2. The van der Waals surface area contributed by atoms with Crippen molar-refractivity contribution in [2.45, 2.75) is 39.7 Å². The fraction of sp³-hybridized carbons (Fsp3) is 0.364. The SMILES string of the molecule is CCC1CCN(c2ccc(-c3cc4cnc(N)nc4n(C(C)C)c3=O)c(F)c2F)C1=O. The van der Waals surface area contributed by atoms with E-state index in [0.29, 0.717) is 30.4 Å². The number of anilines is 2. The quantitative estimate of drug-likeness (QED) is 0.686. The first-order valence-electron chi connectivity index (χ1n) is 10.2. The molecule has 3 heterocycles. The highest BCUT2D eigenvalue weighted by atomic mass is 19.2. The van der Waals surface area contributed by atoms with Crippen molar-refractivity contribution in [1.29, 1.82) is 0 Å². The Morgan fingerprint density at radius 3 is 2.58 bits per heavy atom. The number of benzene rings is 1. The first-order valence-corrected chi connectivity index (χ1v) is 10.2. The van der Waals surface area contributed by atoms with E-state index in [2.05, 4.69) is 9.97 Å². The molecule has 1 amide bonds. The van der Waals surface area contributed by atoms with Crippen LogP contribution in [0, 0.1) is 17.6 Å². The van der Waals surface area contributed by atoms with Gasteiger partial charge in [-0.05, 0) is 44.9 Å². The number of fused-ring (bicyclic) bond motifs is 1. The molecule has 9 heteroatoms. The van der Waals surface area contributed by atoms with E-state index in [0.717, 1.165) is 0 Å². The summed E-state index contributed by atoms with van der Waals surface area (Å²) in [6.45, 7) is 5.79. The van der Waals surface area contributed by atoms with E-state index < -0.39 is 17.2 Å². The van der Waals surface area contributed by atoms with Crippen LogP contribution in [-0.2, 0) is 4.79 Å². The maximum Gasteiger partial charge on any atom is 0.260 e. The lowest BCUT2D eigenvalue weighted by molar-refractivity contribution is -0.120. The number of aromatic nitrogens is 3. The Morgan fingerprint density at radius 1 is 1.19 bits per heavy atom. The van der Waals surface area contributed by atoms with Crippen LogP contribution in [0.4, 0.5) is 20.4 Å². The molecule has 0 aliphatic carbocycles. The van der Waals surface area contributed by atoms with Crippen LogP contribution in [0.1, 0.15) is 39.7 Å². The van der Waals surface area contributed by atoms with Crippen molar-refractivity contribution >= 4 is 28.6 Å². The summed E-state index contributed by atoms with van der Waals surface area (Å²) in [5.41, 5.74) is 5.16. The van der Waals surface area contributed by atoms with Crippen LogP contribution in [0.5, 0.6) is 0 Å². The Bertz CT molecular complexity index is 1250. The Morgan fingerprint density at radius 2 is 1.94 bits per heavy atom. The van der Waals surface area contributed by atoms with Gasteiger partial charge in [0.25, 0.3) is 5.56 Å². The smallest absolute Gasteiger partial charge is 0.260 e. The normalized spacial score (nSPS) is 16.6. The number of nitrogen functional groups attached to an aromatic ring is 1. The van der Waals surface area contributed by atoms with Gasteiger partial charge in [-0.3, -0.25) is 14.2 Å². The molecular weight excluding hydrogens is 404 g/mol. The van der Waals surface area contributed by atoms with E-state index in [-0.39, 0.29) is 40.6 Å². The molecule has 0 saturated carbocycles. The lowest BCUT2D eigenvalue weighted by Gasteiger charge is -2.19. The van der Waals surface area contributed by atoms with Gasteiger partial charge in [-0.25, -0.2) is 13.8 Å². The summed E-state index contributed by atoms with van der Waals surface area (Å²) in [5, 5.41) is 0.474. The van der Waals surface area contributed by atoms with Gasteiger partial charge < -0.3 is 10.6 Å². The molecule has 1 saturated heterocycles. The predicted octanol–water partition coefficient (Wildman–Crippen LogP) is 3.66. The molecule has 1 aliphatic heterocycles. The Labute approximate surface area is 177 Å². The molecule has 31 heavy (non-hydrogen) atoms. The van der Waals surface area contributed by atoms with Crippen molar-refractivity contribution in [2.24, 2.45) is 5.92 Å². The topological polar surface area (TPSA) is 94.1 Å². The van der Waals surface area contributed by atoms with Crippen molar-refractivity contribution in [3.05, 3.63) is 46.4 Å². The summed E-state index contributed by atoms with van der Waals surface area (Å²) in [5.74, 6) is -2.71. The van der Waals surface area contributed by atoms with Gasteiger partial charge in [0, 0.05) is 35.7 Å². The molecule has 1 aliphatic rings. The van der Waals surface area contributed by atoms with Gasteiger partial charge in [0.05, 0.1) is 11.3 Å². The number of carbonyl (C=O) groups excluding carboxylic acids is 1. The van der Waals surface area contributed by atoms with Gasteiger partial charge in [-0.2, -0.15) is 4.98 Å². The van der Waals surface area contributed by atoms with E-state index >= 15 is 8.78 Å². The second-order valence-corrected chi connectivity index (χ2v) is 7.98. The lowest BCUT2D eigenvalue weighted by Crippen LogP contribution is -2.28. The fourth-order valence-electron chi connectivity index (χ4n) is 4.12. The van der Waals surface area contributed by atoms with Gasteiger partial charge in [-0.15, -0.1) is 0 Å². The summed E-state index contributed by atoms with van der Waals surface area (Å²) in [4.78, 5) is 35.0. The molecule has 1 fully saturated rings. The molecular formula is C22H23F2N5O2. The molecule has 2 N–H and O–H groups in total. The van der Waals surface area contributed by atoms with Crippen LogP contribution in [-0.4, -0.2) is 27.0 Å². The average molecular weight is 427 g/mol. The molecule has 1 unspecified atom stereocenters. The molecule has 0 radical (unpaired) electrons. The van der Waals surface area contributed by atoms with Crippen molar-refractivity contribution in [3.63, 3.8) is 0 Å². The zero-order chi connectivity index (χ0) is 22.4. The lowest BCUT2D eigenvalue weighted by atomic mass is 10.0. The number of amides is 1. The molecule has 1 aromatic carbocycles. The minimum absolute atomic E-state index is 0.0105. The summed E-state index contributed by atoms with van der Waals surface area (Å²) in [7, 11) is 0. The third-order valence-electron chi connectivity index (χ3n) is 5.76. The van der Waals surface area contributed by atoms with E-state index in [9.17, 15) is 9.59 Å². The average Bonchev–Trinajstić information content (AvgIpc) is 3.10. The number of nitrogens with two attached hydrogens (primary N) is 1. The summed E-state index contributed by atoms with van der Waals surface area (Å²) in [6.07, 6.45) is 2.69. The van der Waals surface area contributed by atoms with Crippen molar-refractivity contribution in [1.82, 2.24) is 14.5 Å². The van der Waals surface area contributed by atoms with Crippen molar-refractivity contribution in [3.8, 4) is 11.1 Å². The number of pyridine rings is 1. The highest BCUT2D eigenvalue weighted by Crippen LogP contribution is 2.34. The highest BCUT2D eigenvalue weighted by Gasteiger charge is 2.33. The van der Waals surface area contributed by atoms with E-state index in [1.165, 1.54) is 33.9 Å². The largest absolute Gasteiger partial charge is 0.368 e. The standard InChI is InChI=1S/C22H23F2N5O2/c1-4-12-7-8-28(20(12)30)16-6-5-14(17(23)18(16)24)15-9-13-10-26-22(25)27-19(13)29(11(2)3)21(15)31/h5-6,9-12H,4,7-8H2,1-3H3,(H2,25,26,27). The molecule has 2 aromatic heterocycles. The number of hydrogen-bond donors (Lipinski definition) is 1. The molecule has 162 valence electrons. The van der Waals surface area contributed by atoms with E-state index in [1.54, 1.807) is 13.8 Å². The van der Waals surface area contributed by atoms with Crippen molar-refractivity contribution in [2.75, 3.05) is 17.2 Å². The number of hydrogen-bond acceptors (Lipinski definition) is 5. The van der Waals surface area contributed by atoms with Crippen LogP contribution in [0.3, 0.4) is 0 Å². The molecule has 4 rings (SSSR count). The molecule has 7 nitrogen and oxygen atoms in total. The van der Waals surface area contributed by atoms with Crippen LogP contribution in [0.25, 0.3) is 22.2 Å². The van der Waals surface area contributed by atoms with Gasteiger partial charge in [0.15, 0.2) is 11.6 Å². The molecule has 1 atom stereocenters. The highest BCUT2D eigenvalue weighted by molar-refractivity contribution is 5.97. The first kappa shape index (κ1) is 20.9.